The van der Waals surface area contributed by atoms with Gasteiger partial charge in [0.1, 0.15) is 0 Å². The Morgan fingerprint density at radius 2 is 1.78 bits per heavy atom. The fourth-order valence-electron chi connectivity index (χ4n) is 0.683. The van der Waals surface area contributed by atoms with Gasteiger partial charge in [-0.25, -0.2) is 0 Å². The van der Waals surface area contributed by atoms with Crippen molar-refractivity contribution in [1.29, 1.82) is 0 Å². The summed E-state index contributed by atoms with van der Waals surface area (Å²) in [7, 11) is 0. The van der Waals surface area contributed by atoms with E-state index in [0.29, 0.717) is 0 Å². The van der Waals surface area contributed by atoms with E-state index < -0.39 is 0 Å². The smallest absolute Gasteiger partial charge is 0.0468 e. The van der Waals surface area contributed by atoms with Crippen molar-refractivity contribution in [3.63, 3.8) is 0 Å². The molecule has 1 N–H and O–H groups in total. The van der Waals surface area contributed by atoms with Crippen LogP contribution in [0.5, 0.6) is 0 Å². The minimum absolute atomic E-state index is 0.281. The molecule has 0 bridgehead atoms. The first-order chi connectivity index (χ1) is 4.22. The van der Waals surface area contributed by atoms with Crippen LogP contribution in [0.25, 0.3) is 0 Å². The normalized spacial score (nSPS) is 13.3. The summed E-state index contributed by atoms with van der Waals surface area (Å²) in [5, 5.41) is 8.55. The van der Waals surface area contributed by atoms with Crippen molar-refractivity contribution in [3.8, 4) is 0 Å². The van der Waals surface area contributed by atoms with Crippen LogP contribution in [-0.4, -0.2) is 11.7 Å². The number of allylic oxidation sites excluding steroid dienone is 1. The molecule has 0 aromatic heterocycles. The van der Waals surface area contributed by atoms with E-state index in [0.717, 1.165) is 12.8 Å². The Morgan fingerprint density at radius 1 is 1.22 bits per heavy atom. The topological polar surface area (TPSA) is 20.2 Å². The van der Waals surface area contributed by atoms with Crippen molar-refractivity contribution >= 4 is 0 Å². The zero-order valence-corrected chi connectivity index (χ0v) is 6.57. The van der Waals surface area contributed by atoms with Gasteiger partial charge in [-0.15, -0.1) is 0 Å². The molecule has 0 heterocycles. The Kier molecular flexibility index (Phi) is 4.41. The summed E-state index contributed by atoms with van der Waals surface area (Å²) >= 11 is 0. The van der Waals surface area contributed by atoms with Gasteiger partial charge < -0.3 is 5.11 Å². The summed E-state index contributed by atoms with van der Waals surface area (Å²) < 4.78 is 0. The fourth-order valence-corrected chi connectivity index (χ4v) is 0.683. The van der Waals surface area contributed by atoms with Crippen molar-refractivity contribution in [2.45, 2.75) is 33.6 Å². The summed E-state index contributed by atoms with van der Waals surface area (Å²) in [6.07, 6.45) is 1.94. The molecule has 0 aliphatic heterocycles. The fraction of sp³-hybridized carbons (Fsp3) is 0.750. The molecule has 0 fully saturated rings. The van der Waals surface area contributed by atoms with Crippen LogP contribution in [0.1, 0.15) is 33.6 Å². The molecule has 0 unspecified atom stereocenters. The molecule has 0 radical (unpaired) electrons. The van der Waals surface area contributed by atoms with Crippen LogP contribution in [-0.2, 0) is 0 Å². The number of hydrogen-bond donors (Lipinski definition) is 1. The second kappa shape index (κ2) is 4.57. The Bertz CT molecular complexity index is 103. The SMILES string of the molecule is CCC(C)=C(C)CCO. The summed E-state index contributed by atoms with van der Waals surface area (Å²) in [6.45, 7) is 6.61. The molecule has 0 saturated heterocycles. The molecule has 1 nitrogen and oxygen atoms in total. The van der Waals surface area contributed by atoms with E-state index in [1.165, 1.54) is 11.1 Å². The van der Waals surface area contributed by atoms with Gasteiger partial charge in [-0.2, -0.15) is 0 Å². The van der Waals surface area contributed by atoms with Crippen LogP contribution in [0.3, 0.4) is 0 Å². The second-order valence-electron chi connectivity index (χ2n) is 2.39. The summed E-state index contributed by atoms with van der Waals surface area (Å²) in [4.78, 5) is 0. The average molecular weight is 128 g/mol. The lowest BCUT2D eigenvalue weighted by Gasteiger charge is -2.01. The minimum atomic E-state index is 0.281. The van der Waals surface area contributed by atoms with Crippen LogP contribution in [0.2, 0.25) is 0 Å². The van der Waals surface area contributed by atoms with Gasteiger partial charge in [-0.3, -0.25) is 0 Å². The van der Waals surface area contributed by atoms with E-state index in [1.54, 1.807) is 0 Å². The van der Waals surface area contributed by atoms with Crippen LogP contribution in [0.4, 0.5) is 0 Å². The third kappa shape index (κ3) is 3.31. The number of rotatable bonds is 3. The molecule has 9 heavy (non-hydrogen) atoms. The Balaban J connectivity index is 3.78. The van der Waals surface area contributed by atoms with Crippen LogP contribution >= 0.6 is 0 Å². The first-order valence-corrected chi connectivity index (χ1v) is 3.48. The van der Waals surface area contributed by atoms with E-state index in [1.807, 2.05) is 0 Å². The molecule has 0 rings (SSSR count). The largest absolute Gasteiger partial charge is 0.396 e. The van der Waals surface area contributed by atoms with Gasteiger partial charge in [0.25, 0.3) is 0 Å². The Labute approximate surface area is 57.4 Å². The lowest BCUT2D eigenvalue weighted by molar-refractivity contribution is 0.299. The first-order valence-electron chi connectivity index (χ1n) is 3.48. The van der Waals surface area contributed by atoms with Gasteiger partial charge in [0.2, 0.25) is 0 Å². The predicted octanol–water partition coefficient (Wildman–Crippen LogP) is 2.12. The van der Waals surface area contributed by atoms with Crippen molar-refractivity contribution in [2.75, 3.05) is 6.61 Å². The van der Waals surface area contributed by atoms with Crippen LogP contribution < -0.4 is 0 Å². The molecular formula is C8H16O. The quantitative estimate of drug-likeness (QED) is 0.577. The van der Waals surface area contributed by atoms with E-state index in [2.05, 4.69) is 20.8 Å². The average Bonchev–Trinajstić information content (AvgIpc) is 1.87. The third-order valence-corrected chi connectivity index (χ3v) is 1.75. The van der Waals surface area contributed by atoms with Gasteiger partial charge in [0.05, 0.1) is 0 Å². The van der Waals surface area contributed by atoms with Crippen molar-refractivity contribution in [3.05, 3.63) is 11.1 Å². The van der Waals surface area contributed by atoms with Crippen LogP contribution in [0.15, 0.2) is 11.1 Å². The van der Waals surface area contributed by atoms with E-state index in [-0.39, 0.29) is 6.61 Å². The van der Waals surface area contributed by atoms with E-state index in [9.17, 15) is 0 Å². The number of aliphatic hydroxyl groups excluding tert-OH is 1. The van der Waals surface area contributed by atoms with Crippen molar-refractivity contribution < 1.29 is 5.11 Å². The Morgan fingerprint density at radius 3 is 2.11 bits per heavy atom. The van der Waals surface area contributed by atoms with Gasteiger partial charge in [-0.05, 0) is 26.7 Å². The molecule has 0 aromatic rings. The Hall–Kier alpha value is -0.300. The molecule has 0 aliphatic carbocycles. The molecule has 0 aliphatic rings. The molecule has 54 valence electrons. The molecule has 0 aromatic carbocycles. The van der Waals surface area contributed by atoms with Crippen molar-refractivity contribution in [1.82, 2.24) is 0 Å². The molecule has 0 saturated carbocycles. The summed E-state index contributed by atoms with van der Waals surface area (Å²) in [6, 6.07) is 0. The molecule has 0 spiro atoms. The highest BCUT2D eigenvalue weighted by Gasteiger charge is 1.91. The highest BCUT2D eigenvalue weighted by molar-refractivity contribution is 5.08. The molecule has 1 heteroatoms. The molecule has 0 atom stereocenters. The maximum atomic E-state index is 8.55. The van der Waals surface area contributed by atoms with Gasteiger partial charge in [0.15, 0.2) is 0 Å². The maximum Gasteiger partial charge on any atom is 0.0468 e. The third-order valence-electron chi connectivity index (χ3n) is 1.75. The summed E-state index contributed by atoms with van der Waals surface area (Å²) in [5.41, 5.74) is 2.74. The number of aliphatic hydroxyl groups is 1. The van der Waals surface area contributed by atoms with E-state index in [4.69, 9.17) is 5.11 Å². The van der Waals surface area contributed by atoms with E-state index >= 15 is 0 Å². The number of hydrogen-bond acceptors (Lipinski definition) is 1. The van der Waals surface area contributed by atoms with Gasteiger partial charge in [0, 0.05) is 6.61 Å². The molecular weight excluding hydrogens is 112 g/mol. The lowest BCUT2D eigenvalue weighted by atomic mass is 10.1. The summed E-state index contributed by atoms with van der Waals surface area (Å²) in [5.74, 6) is 0. The predicted molar refractivity (Wildman–Crippen MR) is 40.4 cm³/mol. The highest BCUT2D eigenvalue weighted by atomic mass is 16.2. The second-order valence-corrected chi connectivity index (χ2v) is 2.39. The van der Waals surface area contributed by atoms with Crippen LogP contribution in [0, 0.1) is 0 Å². The van der Waals surface area contributed by atoms with Gasteiger partial charge >= 0.3 is 0 Å². The zero-order valence-electron chi connectivity index (χ0n) is 6.57. The standard InChI is InChI=1S/C8H16O/c1-4-7(2)8(3)5-6-9/h9H,4-6H2,1-3H3. The monoisotopic (exact) mass is 128 g/mol. The van der Waals surface area contributed by atoms with Gasteiger partial charge in [-0.1, -0.05) is 18.1 Å². The first kappa shape index (κ1) is 8.70. The molecule has 0 amide bonds. The van der Waals surface area contributed by atoms with Crippen molar-refractivity contribution in [2.24, 2.45) is 0 Å². The highest BCUT2D eigenvalue weighted by Crippen LogP contribution is 2.09. The lowest BCUT2D eigenvalue weighted by Crippen LogP contribution is -1.87. The minimum Gasteiger partial charge on any atom is -0.396 e. The maximum absolute atomic E-state index is 8.55. The zero-order chi connectivity index (χ0) is 7.28.